The first-order chi connectivity index (χ1) is 16.3. The van der Waals surface area contributed by atoms with Crippen LogP contribution in [-0.2, 0) is 11.3 Å². The molecule has 2 aromatic rings. The Balaban J connectivity index is 1.87. The topological polar surface area (TPSA) is 95.9 Å². The number of carbonyl (C=O) groups excluding carboxylic acids is 1. The number of hydrogen-bond donors (Lipinski definition) is 3. The lowest BCUT2D eigenvalue weighted by Gasteiger charge is -2.40. The van der Waals surface area contributed by atoms with E-state index in [1.54, 1.807) is 12.1 Å². The lowest BCUT2D eigenvalue weighted by molar-refractivity contribution is -0.131. The van der Waals surface area contributed by atoms with Crippen molar-refractivity contribution in [3.05, 3.63) is 50.0 Å². The minimum atomic E-state index is -1.23. The van der Waals surface area contributed by atoms with Crippen LogP contribution in [0.15, 0.2) is 18.2 Å². The van der Waals surface area contributed by atoms with E-state index in [4.69, 9.17) is 39.5 Å². The Hall–Kier alpha value is -2.15. The lowest BCUT2D eigenvalue weighted by Crippen LogP contribution is -2.31. The summed E-state index contributed by atoms with van der Waals surface area (Å²) >= 11 is 19.0. The molecule has 0 aromatic heterocycles. The van der Waals surface area contributed by atoms with Crippen LogP contribution >= 0.6 is 34.8 Å². The SMILES string of the molecule is CC(=O)Oc1c(C(=O)O)cc(C2CC3CCC2(C)C3(C)C)c(NCc2cc(Cl)cc(Cl)c2O)c1Cl. The molecule has 35 heavy (non-hydrogen) atoms. The van der Waals surface area contributed by atoms with Gasteiger partial charge in [-0.2, -0.15) is 0 Å². The number of carboxylic acid groups (broad SMARTS) is 1. The van der Waals surface area contributed by atoms with E-state index in [9.17, 15) is 19.8 Å². The average molecular weight is 541 g/mol. The van der Waals surface area contributed by atoms with Gasteiger partial charge in [0.2, 0.25) is 0 Å². The summed E-state index contributed by atoms with van der Waals surface area (Å²) in [6, 6.07) is 4.61. The van der Waals surface area contributed by atoms with Crippen molar-refractivity contribution in [2.75, 3.05) is 5.32 Å². The lowest BCUT2D eigenvalue weighted by atomic mass is 9.64. The second-order valence-corrected chi connectivity index (χ2v) is 11.6. The molecule has 2 aliphatic carbocycles. The monoisotopic (exact) mass is 539 g/mol. The van der Waals surface area contributed by atoms with Crippen LogP contribution in [0.5, 0.6) is 11.5 Å². The number of aromatic hydroxyl groups is 1. The van der Waals surface area contributed by atoms with Crippen LogP contribution in [-0.4, -0.2) is 22.2 Å². The molecule has 0 spiro atoms. The van der Waals surface area contributed by atoms with Crippen molar-refractivity contribution in [2.45, 2.75) is 59.4 Å². The summed E-state index contributed by atoms with van der Waals surface area (Å²) in [5.74, 6) is -1.70. The maximum absolute atomic E-state index is 12.2. The van der Waals surface area contributed by atoms with E-state index in [1.165, 1.54) is 13.0 Å². The number of carboxylic acids is 1. The zero-order valence-electron chi connectivity index (χ0n) is 20.0. The molecular formula is C26H28Cl3NO5. The molecule has 0 radical (unpaired) electrons. The number of fused-ring (bicyclic) bond motifs is 2. The van der Waals surface area contributed by atoms with Gasteiger partial charge < -0.3 is 20.3 Å². The molecule has 0 amide bonds. The highest BCUT2D eigenvalue weighted by atomic mass is 35.5. The van der Waals surface area contributed by atoms with Crippen molar-refractivity contribution in [3.8, 4) is 11.5 Å². The molecule has 2 saturated carbocycles. The van der Waals surface area contributed by atoms with Crippen molar-refractivity contribution in [3.63, 3.8) is 0 Å². The first kappa shape index (κ1) is 25.9. The second kappa shape index (κ2) is 9.06. The van der Waals surface area contributed by atoms with Crippen LogP contribution in [0.1, 0.15) is 74.4 Å². The van der Waals surface area contributed by atoms with Crippen LogP contribution in [0.2, 0.25) is 15.1 Å². The molecule has 4 rings (SSSR count). The van der Waals surface area contributed by atoms with Gasteiger partial charge in [-0.25, -0.2) is 4.79 Å². The molecule has 0 saturated heterocycles. The fourth-order valence-electron chi connectivity index (χ4n) is 6.12. The molecule has 0 aliphatic heterocycles. The van der Waals surface area contributed by atoms with Crippen molar-refractivity contribution in [2.24, 2.45) is 16.7 Å². The molecule has 6 nitrogen and oxygen atoms in total. The summed E-state index contributed by atoms with van der Waals surface area (Å²) in [5, 5.41) is 24.1. The standard InChI is InChI=1S/C26H28Cl3NO5/c1-12(31)35-23-17(24(33)34)10-16(18-8-14-5-6-26(18,4)25(14,2)3)21(20(23)29)30-11-13-7-15(27)9-19(28)22(13)32/h7,9-10,14,18,30,32H,5-6,8,11H2,1-4H3,(H,33,34). The summed E-state index contributed by atoms with van der Waals surface area (Å²) in [6.07, 6.45) is 3.04. The van der Waals surface area contributed by atoms with Gasteiger partial charge in [-0.05, 0) is 65.7 Å². The maximum atomic E-state index is 12.2. The highest BCUT2D eigenvalue weighted by Crippen LogP contribution is 2.71. The Labute approximate surface area is 219 Å². The van der Waals surface area contributed by atoms with Crippen LogP contribution < -0.4 is 10.1 Å². The van der Waals surface area contributed by atoms with Gasteiger partial charge >= 0.3 is 11.9 Å². The van der Waals surface area contributed by atoms with E-state index >= 15 is 0 Å². The van der Waals surface area contributed by atoms with Gasteiger partial charge in [0.25, 0.3) is 0 Å². The van der Waals surface area contributed by atoms with E-state index in [-0.39, 0.29) is 50.4 Å². The largest absolute Gasteiger partial charge is 0.506 e. The first-order valence-corrected chi connectivity index (χ1v) is 12.6. The zero-order chi connectivity index (χ0) is 25.9. The Kier molecular flexibility index (Phi) is 6.71. The number of carbonyl (C=O) groups is 2. The molecule has 2 aromatic carbocycles. The van der Waals surface area contributed by atoms with Gasteiger partial charge in [0, 0.05) is 24.1 Å². The maximum Gasteiger partial charge on any atom is 0.339 e. The van der Waals surface area contributed by atoms with Crippen LogP contribution in [0, 0.1) is 16.7 Å². The molecule has 3 unspecified atom stereocenters. The summed E-state index contributed by atoms with van der Waals surface area (Å²) in [4.78, 5) is 23.9. The van der Waals surface area contributed by atoms with Crippen LogP contribution in [0.4, 0.5) is 5.69 Å². The number of benzene rings is 2. The summed E-state index contributed by atoms with van der Waals surface area (Å²) in [5.41, 5.74) is 1.51. The number of aromatic carboxylic acids is 1. The Morgan fingerprint density at radius 3 is 2.40 bits per heavy atom. The fraction of sp³-hybridized carbons (Fsp3) is 0.462. The number of phenols is 1. The third-order valence-corrected chi connectivity index (χ3v) is 9.33. The molecule has 2 fully saturated rings. The first-order valence-electron chi connectivity index (χ1n) is 11.5. The predicted molar refractivity (Wildman–Crippen MR) is 137 cm³/mol. The Morgan fingerprint density at radius 2 is 1.86 bits per heavy atom. The smallest absolute Gasteiger partial charge is 0.339 e. The third-order valence-electron chi connectivity index (χ3n) is 8.46. The summed E-state index contributed by atoms with van der Waals surface area (Å²) < 4.78 is 5.25. The van der Waals surface area contributed by atoms with Gasteiger partial charge in [0.15, 0.2) is 5.75 Å². The Morgan fingerprint density at radius 1 is 1.17 bits per heavy atom. The number of ether oxygens (including phenoxy) is 1. The number of esters is 1. The molecule has 3 atom stereocenters. The molecular weight excluding hydrogens is 513 g/mol. The summed E-state index contributed by atoms with van der Waals surface area (Å²) in [6.45, 7) is 8.11. The summed E-state index contributed by atoms with van der Waals surface area (Å²) in [7, 11) is 0. The zero-order valence-corrected chi connectivity index (χ0v) is 22.2. The van der Waals surface area contributed by atoms with E-state index in [0.717, 1.165) is 24.8 Å². The number of halogens is 3. The number of nitrogens with one attached hydrogen (secondary N) is 1. The second-order valence-electron chi connectivity index (χ2n) is 10.3. The fourth-order valence-corrected chi connectivity index (χ4v) is 6.97. The van der Waals surface area contributed by atoms with Crippen LogP contribution in [0.25, 0.3) is 0 Å². The van der Waals surface area contributed by atoms with Crippen molar-refractivity contribution in [1.29, 1.82) is 0 Å². The minimum absolute atomic E-state index is 0.00638. The third kappa shape index (κ3) is 4.24. The van der Waals surface area contributed by atoms with Crippen molar-refractivity contribution in [1.82, 2.24) is 0 Å². The molecule has 2 bridgehead atoms. The molecule has 0 heterocycles. The minimum Gasteiger partial charge on any atom is -0.506 e. The number of hydrogen-bond acceptors (Lipinski definition) is 5. The molecule has 188 valence electrons. The average Bonchev–Trinajstić information content (AvgIpc) is 3.10. The quantitative estimate of drug-likeness (QED) is 0.259. The molecule has 9 heteroatoms. The highest BCUT2D eigenvalue weighted by Gasteiger charge is 2.61. The van der Waals surface area contributed by atoms with Gasteiger partial charge in [-0.3, -0.25) is 4.79 Å². The molecule has 3 N–H and O–H groups in total. The van der Waals surface area contributed by atoms with Crippen LogP contribution in [0.3, 0.4) is 0 Å². The number of rotatable bonds is 6. The van der Waals surface area contributed by atoms with Gasteiger partial charge in [-0.1, -0.05) is 55.6 Å². The van der Waals surface area contributed by atoms with Gasteiger partial charge in [-0.15, -0.1) is 0 Å². The normalized spacial score (nSPS) is 24.4. The predicted octanol–water partition coefficient (Wildman–Crippen LogP) is 7.52. The van der Waals surface area contributed by atoms with Gasteiger partial charge in [0.05, 0.1) is 10.7 Å². The van der Waals surface area contributed by atoms with E-state index in [2.05, 4.69) is 26.1 Å². The number of anilines is 1. The highest BCUT2D eigenvalue weighted by molar-refractivity contribution is 6.36. The van der Waals surface area contributed by atoms with Gasteiger partial charge in [0.1, 0.15) is 16.3 Å². The number of phenolic OH excluding ortho intramolecular Hbond substituents is 1. The van der Waals surface area contributed by atoms with E-state index in [0.29, 0.717) is 22.2 Å². The van der Waals surface area contributed by atoms with E-state index < -0.39 is 11.9 Å². The Bertz CT molecular complexity index is 1230. The molecule has 2 aliphatic rings. The van der Waals surface area contributed by atoms with E-state index in [1.807, 2.05) is 0 Å². The van der Waals surface area contributed by atoms with Crippen molar-refractivity contribution >= 4 is 52.4 Å². The van der Waals surface area contributed by atoms with Crippen molar-refractivity contribution < 1.29 is 24.5 Å².